The molecule has 1 aromatic rings. The predicted molar refractivity (Wildman–Crippen MR) is 107 cm³/mol. The molecule has 0 spiro atoms. The number of halogens is 1. The van der Waals surface area contributed by atoms with Crippen molar-refractivity contribution in [2.75, 3.05) is 6.54 Å². The van der Waals surface area contributed by atoms with Crippen molar-refractivity contribution < 1.29 is 9.18 Å². The maximum Gasteiger partial charge on any atom is 0.160 e. The molecule has 0 radical (unpaired) electrons. The first-order valence-electron chi connectivity index (χ1n) is 9.02. The van der Waals surface area contributed by atoms with Gasteiger partial charge in [0, 0.05) is 18.7 Å². The zero-order valence-electron chi connectivity index (χ0n) is 15.6. The number of hydrogen-bond acceptors (Lipinski definition) is 3. The Kier molecular flexibility index (Phi) is 5.40. The lowest BCUT2D eigenvalue weighted by Gasteiger charge is -2.40. The molecule has 0 bridgehead atoms. The minimum Gasteiger partial charge on any atom is -0.387 e. The van der Waals surface area contributed by atoms with Gasteiger partial charge >= 0.3 is 0 Å². The smallest absolute Gasteiger partial charge is 0.160 e. The summed E-state index contributed by atoms with van der Waals surface area (Å²) in [4.78, 5) is 12.9. The van der Waals surface area contributed by atoms with Gasteiger partial charge in [0.25, 0.3) is 0 Å². The molecule has 0 saturated carbocycles. The van der Waals surface area contributed by atoms with Crippen LogP contribution in [0.25, 0.3) is 5.57 Å². The number of hydrogen-bond donors (Lipinski definition) is 3. The summed E-state index contributed by atoms with van der Waals surface area (Å²) in [6, 6.07) is 4.70. The van der Waals surface area contributed by atoms with E-state index in [0.29, 0.717) is 17.5 Å². The minimum absolute atomic E-state index is 0.151. The Labute approximate surface area is 159 Å². The van der Waals surface area contributed by atoms with Gasteiger partial charge in [0.15, 0.2) is 5.78 Å². The van der Waals surface area contributed by atoms with E-state index in [-0.39, 0.29) is 17.5 Å². The Hall–Kier alpha value is -2.95. The molecular formula is C22H24FN3O. The van der Waals surface area contributed by atoms with Crippen LogP contribution in [-0.2, 0) is 10.3 Å². The van der Waals surface area contributed by atoms with Crippen molar-refractivity contribution in [3.05, 3.63) is 77.8 Å². The third-order valence-electron chi connectivity index (χ3n) is 4.95. The summed E-state index contributed by atoms with van der Waals surface area (Å²) in [5, 5.41) is 14.2. The Balaban J connectivity index is 2.18. The molecule has 1 heterocycles. The highest BCUT2D eigenvalue weighted by molar-refractivity contribution is 5.93. The minimum atomic E-state index is -1.20. The van der Waals surface area contributed by atoms with Crippen molar-refractivity contribution in [2.24, 2.45) is 5.92 Å². The predicted octanol–water partition coefficient (Wildman–Crippen LogP) is 3.83. The number of dihydropyridines is 1. The van der Waals surface area contributed by atoms with Gasteiger partial charge in [-0.1, -0.05) is 36.5 Å². The second-order valence-corrected chi connectivity index (χ2v) is 6.91. The zero-order valence-corrected chi connectivity index (χ0v) is 15.6. The topological polar surface area (TPSA) is 65.0 Å². The Bertz CT molecular complexity index is 882. The number of Topliss-reactive ketones (excluding diaryl/α,β-unsaturated/α-hetero) is 1. The maximum atomic E-state index is 14.6. The van der Waals surface area contributed by atoms with Crippen LogP contribution in [0.2, 0.25) is 0 Å². The summed E-state index contributed by atoms with van der Waals surface area (Å²) >= 11 is 0. The van der Waals surface area contributed by atoms with Gasteiger partial charge in [-0.05, 0) is 55.2 Å². The van der Waals surface area contributed by atoms with Gasteiger partial charge in [-0.2, -0.15) is 0 Å². The van der Waals surface area contributed by atoms with Gasteiger partial charge in [-0.3, -0.25) is 10.2 Å². The molecule has 5 heteroatoms. The quantitative estimate of drug-likeness (QED) is 0.549. The van der Waals surface area contributed by atoms with Gasteiger partial charge in [-0.15, -0.1) is 0 Å². The first-order chi connectivity index (χ1) is 12.9. The van der Waals surface area contributed by atoms with E-state index in [1.165, 1.54) is 19.1 Å². The van der Waals surface area contributed by atoms with Gasteiger partial charge in [-0.25, -0.2) is 4.39 Å². The molecule has 3 N–H and O–H groups in total. The first-order valence-corrected chi connectivity index (χ1v) is 9.02. The monoisotopic (exact) mass is 365 g/mol. The molecule has 4 nitrogen and oxygen atoms in total. The molecule has 140 valence electrons. The summed E-state index contributed by atoms with van der Waals surface area (Å²) in [5.41, 5.74) is 0.876. The van der Waals surface area contributed by atoms with Crippen LogP contribution in [0, 0.1) is 17.1 Å². The molecule has 0 aromatic heterocycles. The molecule has 1 aliphatic carbocycles. The van der Waals surface area contributed by atoms with E-state index in [1.54, 1.807) is 6.92 Å². The van der Waals surface area contributed by atoms with Gasteiger partial charge in [0.1, 0.15) is 11.4 Å². The Morgan fingerprint density at radius 3 is 2.67 bits per heavy atom. The van der Waals surface area contributed by atoms with Crippen molar-refractivity contribution >= 4 is 17.2 Å². The molecule has 0 fully saturated rings. The average Bonchev–Trinajstić information content (AvgIpc) is 2.66. The molecule has 0 amide bonds. The lowest BCUT2D eigenvalue weighted by molar-refractivity contribution is -0.124. The lowest BCUT2D eigenvalue weighted by atomic mass is 9.72. The molecule has 2 unspecified atom stereocenters. The fraction of sp³-hybridized carbons (Fsp3) is 0.273. The van der Waals surface area contributed by atoms with E-state index in [2.05, 4.69) is 10.6 Å². The standard InChI is InChI=1S/C22H24FN3O/c1-15(27)22(26-16(2)24,19-8-4-3-5-9-19)20-11-18(12-21(23)13-20)17-7-6-10-25-14-17/h3-8,11-14,19,25H,9-10H2,1-2H3,(H2,24,26). The lowest BCUT2D eigenvalue weighted by Crippen LogP contribution is -2.55. The second-order valence-electron chi connectivity index (χ2n) is 6.91. The number of allylic oxidation sites excluding steroid dienone is 5. The largest absolute Gasteiger partial charge is 0.387 e. The summed E-state index contributed by atoms with van der Waals surface area (Å²) in [6.45, 7) is 3.82. The molecule has 2 atom stereocenters. The second kappa shape index (κ2) is 7.74. The highest BCUT2D eigenvalue weighted by Crippen LogP contribution is 2.37. The summed E-state index contributed by atoms with van der Waals surface area (Å²) < 4.78 is 14.6. The van der Waals surface area contributed by atoms with Crippen LogP contribution in [0.1, 0.15) is 31.4 Å². The van der Waals surface area contributed by atoms with Crippen molar-refractivity contribution in [1.29, 1.82) is 5.41 Å². The number of nitrogens with one attached hydrogen (secondary N) is 3. The van der Waals surface area contributed by atoms with Crippen LogP contribution in [-0.4, -0.2) is 18.2 Å². The Morgan fingerprint density at radius 2 is 2.07 bits per heavy atom. The van der Waals surface area contributed by atoms with Crippen LogP contribution in [0.4, 0.5) is 4.39 Å². The van der Waals surface area contributed by atoms with Crippen LogP contribution < -0.4 is 10.6 Å². The van der Waals surface area contributed by atoms with Gasteiger partial charge < -0.3 is 10.6 Å². The third kappa shape index (κ3) is 3.77. The molecule has 1 aliphatic heterocycles. The molecule has 27 heavy (non-hydrogen) atoms. The Morgan fingerprint density at radius 1 is 1.26 bits per heavy atom. The van der Waals surface area contributed by atoms with Crippen molar-refractivity contribution in [3.63, 3.8) is 0 Å². The summed E-state index contributed by atoms with van der Waals surface area (Å²) in [7, 11) is 0. The highest BCUT2D eigenvalue weighted by Gasteiger charge is 2.44. The SMILES string of the molecule is CC(=N)NC(C(C)=O)(c1cc(F)cc(C2=CNCC=C2)c1)C1C=CC=CC1. The number of benzene rings is 1. The number of ketones is 1. The maximum absolute atomic E-state index is 14.6. The van der Waals surface area contributed by atoms with Crippen molar-refractivity contribution in [2.45, 2.75) is 25.8 Å². The van der Waals surface area contributed by atoms with Gasteiger partial charge in [0.05, 0.1) is 5.84 Å². The molecule has 0 saturated heterocycles. The molecular weight excluding hydrogens is 341 g/mol. The number of amidine groups is 1. The van der Waals surface area contributed by atoms with E-state index >= 15 is 0 Å². The normalized spacial score (nSPS) is 20.4. The summed E-state index contributed by atoms with van der Waals surface area (Å²) in [5.74, 6) is -0.615. The first kappa shape index (κ1) is 18.8. The van der Waals surface area contributed by atoms with Crippen LogP contribution in [0.5, 0.6) is 0 Å². The van der Waals surface area contributed by atoms with Crippen LogP contribution in [0.3, 0.4) is 0 Å². The van der Waals surface area contributed by atoms with E-state index in [9.17, 15) is 9.18 Å². The number of rotatable bonds is 5. The molecule has 2 aliphatic rings. The number of carbonyl (C=O) groups excluding carboxylic acids is 1. The van der Waals surface area contributed by atoms with E-state index in [1.807, 2.05) is 48.7 Å². The molecule has 3 rings (SSSR count). The fourth-order valence-electron chi connectivity index (χ4n) is 3.76. The van der Waals surface area contributed by atoms with Crippen molar-refractivity contribution in [3.8, 4) is 0 Å². The highest BCUT2D eigenvalue weighted by atomic mass is 19.1. The number of carbonyl (C=O) groups is 1. The average molecular weight is 365 g/mol. The van der Waals surface area contributed by atoms with Crippen molar-refractivity contribution in [1.82, 2.24) is 10.6 Å². The van der Waals surface area contributed by atoms with E-state index < -0.39 is 11.4 Å². The van der Waals surface area contributed by atoms with E-state index in [4.69, 9.17) is 5.41 Å². The van der Waals surface area contributed by atoms with Gasteiger partial charge in [0.2, 0.25) is 0 Å². The zero-order chi connectivity index (χ0) is 19.4. The third-order valence-corrected chi connectivity index (χ3v) is 4.95. The van der Waals surface area contributed by atoms with Crippen LogP contribution in [0.15, 0.2) is 60.9 Å². The van der Waals surface area contributed by atoms with E-state index in [0.717, 1.165) is 12.1 Å². The fourth-order valence-corrected chi connectivity index (χ4v) is 3.76. The van der Waals surface area contributed by atoms with Crippen LogP contribution >= 0.6 is 0 Å². The summed E-state index contributed by atoms with van der Waals surface area (Å²) in [6.07, 6.45) is 14.1. The molecule has 1 aromatic carbocycles.